The molecule has 0 bridgehead atoms. The van der Waals surface area contributed by atoms with Gasteiger partial charge in [0.2, 0.25) is 0 Å². The molecule has 1 aliphatic carbocycles. The van der Waals surface area contributed by atoms with Crippen molar-refractivity contribution in [3.05, 3.63) is 30.1 Å². The van der Waals surface area contributed by atoms with Gasteiger partial charge in [-0.3, -0.25) is 0 Å². The number of benzene rings is 1. The fourth-order valence-electron chi connectivity index (χ4n) is 2.86. The second-order valence-corrected chi connectivity index (χ2v) is 5.69. The largest absolute Gasteiger partial charge is 0.335 e. The number of nitrogens with one attached hydrogen (secondary N) is 2. The van der Waals surface area contributed by atoms with E-state index in [9.17, 15) is 4.79 Å². The van der Waals surface area contributed by atoms with Gasteiger partial charge in [-0.1, -0.05) is 19.3 Å². The molecule has 2 aromatic rings. The number of hydrogen-bond acceptors (Lipinski definition) is 4. The van der Waals surface area contributed by atoms with Gasteiger partial charge in [-0.2, -0.15) is 0 Å². The molecular formula is C15H20N6O. The standard InChI is InChI=1S/C15H20N6O/c1-11-9-13(7-8-14(11)21-10-16-19-20-21)18-15(22)17-12-5-3-2-4-6-12/h7-10,12H,2-6H2,1H3,(H2,17,18,22). The number of nitrogens with zero attached hydrogens (tertiary/aromatic N) is 4. The van der Waals surface area contributed by atoms with E-state index < -0.39 is 0 Å². The molecule has 0 atom stereocenters. The first-order chi connectivity index (χ1) is 10.7. The average Bonchev–Trinajstić information content (AvgIpc) is 3.02. The Morgan fingerprint density at radius 3 is 2.77 bits per heavy atom. The minimum Gasteiger partial charge on any atom is -0.335 e. The van der Waals surface area contributed by atoms with E-state index in [1.165, 1.54) is 19.3 Å². The number of rotatable bonds is 3. The number of carbonyl (C=O) groups excluding carboxylic acids is 1. The summed E-state index contributed by atoms with van der Waals surface area (Å²) in [6.45, 7) is 1.96. The van der Waals surface area contributed by atoms with Crippen LogP contribution in [0.15, 0.2) is 24.5 Å². The summed E-state index contributed by atoms with van der Waals surface area (Å²) in [5.74, 6) is 0. The van der Waals surface area contributed by atoms with E-state index in [1.807, 2.05) is 25.1 Å². The topological polar surface area (TPSA) is 84.7 Å². The van der Waals surface area contributed by atoms with Gasteiger partial charge in [0, 0.05) is 11.7 Å². The van der Waals surface area contributed by atoms with E-state index in [1.54, 1.807) is 11.0 Å². The van der Waals surface area contributed by atoms with E-state index in [2.05, 4.69) is 26.2 Å². The van der Waals surface area contributed by atoms with E-state index in [4.69, 9.17) is 0 Å². The molecule has 7 nitrogen and oxygen atoms in total. The maximum atomic E-state index is 12.0. The van der Waals surface area contributed by atoms with Gasteiger partial charge in [0.1, 0.15) is 6.33 Å². The molecule has 1 aliphatic rings. The maximum absolute atomic E-state index is 12.0. The van der Waals surface area contributed by atoms with Crippen LogP contribution in [0.5, 0.6) is 0 Å². The Morgan fingerprint density at radius 2 is 2.09 bits per heavy atom. The quantitative estimate of drug-likeness (QED) is 0.911. The maximum Gasteiger partial charge on any atom is 0.319 e. The molecule has 0 aliphatic heterocycles. The molecule has 116 valence electrons. The van der Waals surface area contributed by atoms with Crippen molar-refractivity contribution in [1.29, 1.82) is 0 Å². The lowest BCUT2D eigenvalue weighted by molar-refractivity contribution is 0.244. The summed E-state index contributed by atoms with van der Waals surface area (Å²) in [6.07, 6.45) is 7.37. The highest BCUT2D eigenvalue weighted by atomic mass is 16.2. The summed E-state index contributed by atoms with van der Waals surface area (Å²) >= 11 is 0. The second kappa shape index (κ2) is 6.55. The molecule has 1 aromatic heterocycles. The number of tetrazole rings is 1. The monoisotopic (exact) mass is 300 g/mol. The smallest absolute Gasteiger partial charge is 0.319 e. The Hall–Kier alpha value is -2.44. The summed E-state index contributed by atoms with van der Waals surface area (Å²) in [5.41, 5.74) is 2.65. The van der Waals surface area contributed by atoms with Gasteiger partial charge < -0.3 is 10.6 Å². The van der Waals surface area contributed by atoms with Crippen LogP contribution in [0.25, 0.3) is 5.69 Å². The van der Waals surface area contributed by atoms with Crippen molar-refractivity contribution in [2.24, 2.45) is 0 Å². The molecule has 0 radical (unpaired) electrons. The first kappa shape index (κ1) is 14.5. The molecule has 1 heterocycles. The van der Waals surface area contributed by atoms with E-state index in [-0.39, 0.29) is 6.03 Å². The van der Waals surface area contributed by atoms with Crippen LogP contribution >= 0.6 is 0 Å². The SMILES string of the molecule is Cc1cc(NC(=O)NC2CCCCC2)ccc1-n1cnnn1. The minimum atomic E-state index is -0.138. The van der Waals surface area contributed by atoms with Crippen LogP contribution in [-0.4, -0.2) is 32.3 Å². The number of urea groups is 1. The molecule has 2 N–H and O–H groups in total. The lowest BCUT2D eigenvalue weighted by Gasteiger charge is -2.23. The zero-order valence-electron chi connectivity index (χ0n) is 12.6. The minimum absolute atomic E-state index is 0.138. The Balaban J connectivity index is 1.63. The molecule has 0 spiro atoms. The molecule has 0 unspecified atom stereocenters. The van der Waals surface area contributed by atoms with Crippen molar-refractivity contribution in [2.75, 3.05) is 5.32 Å². The molecule has 3 rings (SSSR count). The van der Waals surface area contributed by atoms with Crippen molar-refractivity contribution >= 4 is 11.7 Å². The predicted molar refractivity (Wildman–Crippen MR) is 82.9 cm³/mol. The van der Waals surface area contributed by atoms with Crippen molar-refractivity contribution in [3.63, 3.8) is 0 Å². The van der Waals surface area contributed by atoms with Crippen LogP contribution in [-0.2, 0) is 0 Å². The van der Waals surface area contributed by atoms with Gasteiger partial charge in [-0.15, -0.1) is 5.10 Å². The third-order valence-electron chi connectivity index (χ3n) is 3.99. The summed E-state index contributed by atoms with van der Waals surface area (Å²) < 4.78 is 1.60. The van der Waals surface area contributed by atoms with Gasteiger partial charge in [-0.25, -0.2) is 9.48 Å². The Kier molecular flexibility index (Phi) is 4.32. The number of aromatic nitrogens is 4. The van der Waals surface area contributed by atoms with Crippen LogP contribution in [0, 0.1) is 6.92 Å². The van der Waals surface area contributed by atoms with Crippen molar-refractivity contribution < 1.29 is 4.79 Å². The first-order valence-corrected chi connectivity index (χ1v) is 7.64. The summed E-state index contributed by atoms with van der Waals surface area (Å²) in [4.78, 5) is 12.0. The van der Waals surface area contributed by atoms with Crippen LogP contribution < -0.4 is 10.6 Å². The highest BCUT2D eigenvalue weighted by Crippen LogP contribution is 2.19. The van der Waals surface area contributed by atoms with Crippen LogP contribution in [0.2, 0.25) is 0 Å². The number of amides is 2. The lowest BCUT2D eigenvalue weighted by Crippen LogP contribution is -2.39. The van der Waals surface area contributed by atoms with Crippen LogP contribution in [0.1, 0.15) is 37.7 Å². The van der Waals surface area contributed by atoms with Crippen LogP contribution in [0.3, 0.4) is 0 Å². The van der Waals surface area contributed by atoms with Gasteiger partial charge in [0.15, 0.2) is 0 Å². The zero-order valence-corrected chi connectivity index (χ0v) is 12.6. The average molecular weight is 300 g/mol. The Bertz CT molecular complexity index is 633. The molecule has 22 heavy (non-hydrogen) atoms. The van der Waals surface area contributed by atoms with Crippen molar-refractivity contribution in [3.8, 4) is 5.69 Å². The molecule has 1 aromatic carbocycles. The third kappa shape index (κ3) is 3.41. The number of carbonyl (C=O) groups is 1. The van der Waals surface area contributed by atoms with Gasteiger partial charge in [0.05, 0.1) is 5.69 Å². The van der Waals surface area contributed by atoms with E-state index in [0.717, 1.165) is 29.8 Å². The third-order valence-corrected chi connectivity index (χ3v) is 3.99. The molecular weight excluding hydrogens is 280 g/mol. The fourth-order valence-corrected chi connectivity index (χ4v) is 2.86. The Labute approximate surface area is 129 Å². The molecule has 0 saturated heterocycles. The van der Waals surface area contributed by atoms with E-state index in [0.29, 0.717) is 6.04 Å². The highest BCUT2D eigenvalue weighted by molar-refractivity contribution is 5.89. The van der Waals surface area contributed by atoms with E-state index >= 15 is 0 Å². The lowest BCUT2D eigenvalue weighted by atomic mass is 9.96. The number of hydrogen-bond donors (Lipinski definition) is 2. The predicted octanol–water partition coefficient (Wildman–Crippen LogP) is 2.42. The fraction of sp³-hybridized carbons (Fsp3) is 0.467. The summed E-state index contributed by atoms with van der Waals surface area (Å²) in [7, 11) is 0. The highest BCUT2D eigenvalue weighted by Gasteiger charge is 2.15. The molecule has 1 fully saturated rings. The molecule has 1 saturated carbocycles. The molecule has 2 amide bonds. The van der Waals surface area contributed by atoms with Crippen LogP contribution in [0.4, 0.5) is 10.5 Å². The summed E-state index contributed by atoms with van der Waals surface area (Å²) in [5, 5.41) is 17.1. The van der Waals surface area contributed by atoms with Crippen molar-refractivity contribution in [1.82, 2.24) is 25.5 Å². The first-order valence-electron chi connectivity index (χ1n) is 7.64. The van der Waals surface area contributed by atoms with Crippen molar-refractivity contribution in [2.45, 2.75) is 45.1 Å². The van der Waals surface area contributed by atoms with Gasteiger partial charge in [-0.05, 0) is 54.0 Å². The normalized spacial score (nSPS) is 15.5. The second-order valence-electron chi connectivity index (χ2n) is 5.69. The van der Waals surface area contributed by atoms with Gasteiger partial charge >= 0.3 is 6.03 Å². The molecule has 7 heteroatoms. The summed E-state index contributed by atoms with van der Waals surface area (Å²) in [6, 6.07) is 5.82. The van der Waals surface area contributed by atoms with Gasteiger partial charge in [0.25, 0.3) is 0 Å². The number of aryl methyl sites for hydroxylation is 1. The Morgan fingerprint density at radius 1 is 1.27 bits per heavy atom. The zero-order chi connectivity index (χ0) is 15.4. The number of anilines is 1.